The average Bonchev–Trinajstić information content (AvgIpc) is 2.92. The van der Waals surface area contributed by atoms with Crippen molar-refractivity contribution in [3.05, 3.63) is 21.9 Å². The van der Waals surface area contributed by atoms with E-state index in [1.54, 1.807) is 11.3 Å². The Morgan fingerprint density at radius 3 is 2.71 bits per heavy atom. The number of nitrogens with zero attached hydrogens (tertiary/aromatic N) is 1. The molecule has 1 fully saturated rings. The maximum atomic E-state index is 12.1. The van der Waals surface area contributed by atoms with Crippen LogP contribution in [-0.4, -0.2) is 48.2 Å². The topological polar surface area (TPSA) is 52.6 Å². The van der Waals surface area contributed by atoms with Crippen LogP contribution in [0.25, 0.3) is 0 Å². The Labute approximate surface area is 131 Å². The number of carbonyl (C=O) groups is 1. The lowest BCUT2D eigenvalue weighted by Crippen LogP contribution is -2.44. The number of aliphatic hydroxyl groups is 1. The van der Waals surface area contributed by atoms with Crippen LogP contribution in [0.5, 0.6) is 0 Å². The van der Waals surface area contributed by atoms with Crippen molar-refractivity contribution in [1.82, 2.24) is 10.2 Å². The number of aryl methyl sites for hydroxylation is 1. The molecule has 0 aliphatic carbocycles. The van der Waals surface area contributed by atoms with Gasteiger partial charge in [0.1, 0.15) is 0 Å². The summed E-state index contributed by atoms with van der Waals surface area (Å²) in [4.78, 5) is 16.6. The van der Waals surface area contributed by atoms with Crippen molar-refractivity contribution in [2.45, 2.75) is 45.1 Å². The van der Waals surface area contributed by atoms with Gasteiger partial charge in [-0.1, -0.05) is 0 Å². The summed E-state index contributed by atoms with van der Waals surface area (Å²) >= 11 is 1.56. The smallest absolute Gasteiger partial charge is 0.261 e. The van der Waals surface area contributed by atoms with E-state index >= 15 is 0 Å². The maximum Gasteiger partial charge on any atom is 0.261 e. The second-order valence-electron chi connectivity index (χ2n) is 5.78. The van der Waals surface area contributed by atoms with Gasteiger partial charge in [0.2, 0.25) is 0 Å². The van der Waals surface area contributed by atoms with Crippen LogP contribution in [0.3, 0.4) is 0 Å². The summed E-state index contributed by atoms with van der Waals surface area (Å²) in [6, 6.07) is 4.22. The van der Waals surface area contributed by atoms with Gasteiger partial charge in [0.05, 0.1) is 4.88 Å². The number of hydrogen-bond acceptors (Lipinski definition) is 4. The second kappa shape index (κ2) is 8.51. The molecule has 0 spiro atoms. The molecule has 1 aromatic rings. The number of piperidine rings is 1. The molecule has 0 radical (unpaired) electrons. The van der Waals surface area contributed by atoms with E-state index in [-0.39, 0.29) is 5.91 Å². The molecule has 0 saturated carbocycles. The fraction of sp³-hybridized carbons (Fsp3) is 0.688. The SMILES string of the molecule is Cc1ccc(C(=O)NC2CCN(CCCCCO)CC2)s1. The third-order valence-corrected chi connectivity index (χ3v) is 5.02. The lowest BCUT2D eigenvalue weighted by atomic mass is 10.0. The van der Waals surface area contributed by atoms with Gasteiger partial charge in [-0.25, -0.2) is 0 Å². The highest BCUT2D eigenvalue weighted by molar-refractivity contribution is 7.13. The van der Waals surface area contributed by atoms with Gasteiger partial charge in [-0.2, -0.15) is 0 Å². The molecule has 0 bridgehead atoms. The zero-order valence-electron chi connectivity index (χ0n) is 12.8. The predicted molar refractivity (Wildman–Crippen MR) is 86.9 cm³/mol. The van der Waals surface area contributed by atoms with E-state index in [4.69, 9.17) is 5.11 Å². The first-order valence-corrected chi connectivity index (χ1v) is 8.71. The zero-order chi connectivity index (χ0) is 15.1. The number of unbranched alkanes of at least 4 members (excludes halogenated alkanes) is 2. The van der Waals surface area contributed by atoms with Crippen molar-refractivity contribution < 1.29 is 9.90 Å². The van der Waals surface area contributed by atoms with Crippen LogP contribution < -0.4 is 5.32 Å². The first-order valence-electron chi connectivity index (χ1n) is 7.89. The molecule has 1 aliphatic rings. The standard InChI is InChI=1S/C16H26N2O2S/c1-13-5-6-15(21-13)16(20)17-14-7-10-18(11-8-14)9-3-2-4-12-19/h5-6,14,19H,2-4,7-12H2,1H3,(H,17,20). The molecule has 5 heteroatoms. The number of hydrogen-bond donors (Lipinski definition) is 2. The first kappa shape index (κ1) is 16.5. The van der Waals surface area contributed by atoms with E-state index in [1.165, 1.54) is 4.88 Å². The number of likely N-dealkylation sites (tertiary alicyclic amines) is 1. The lowest BCUT2D eigenvalue weighted by Gasteiger charge is -2.32. The Hall–Kier alpha value is -0.910. The normalized spacial score (nSPS) is 17.0. The second-order valence-corrected chi connectivity index (χ2v) is 7.07. The number of thiophene rings is 1. The number of aliphatic hydroxyl groups excluding tert-OH is 1. The van der Waals surface area contributed by atoms with Crippen molar-refractivity contribution in [2.24, 2.45) is 0 Å². The highest BCUT2D eigenvalue weighted by atomic mass is 32.1. The van der Waals surface area contributed by atoms with Gasteiger partial charge in [0.15, 0.2) is 0 Å². The number of nitrogens with one attached hydrogen (secondary N) is 1. The average molecular weight is 310 g/mol. The van der Waals surface area contributed by atoms with Crippen molar-refractivity contribution in [1.29, 1.82) is 0 Å². The van der Waals surface area contributed by atoms with Crippen molar-refractivity contribution in [3.63, 3.8) is 0 Å². The molecule has 0 aromatic carbocycles. The minimum absolute atomic E-state index is 0.0782. The maximum absolute atomic E-state index is 12.1. The molecule has 1 amide bonds. The van der Waals surface area contributed by atoms with Gasteiger partial charge in [-0.05, 0) is 57.7 Å². The first-order chi connectivity index (χ1) is 10.2. The largest absolute Gasteiger partial charge is 0.396 e. The number of rotatable bonds is 7. The molecule has 0 atom stereocenters. The summed E-state index contributed by atoms with van der Waals surface area (Å²) in [6.45, 7) is 5.57. The summed E-state index contributed by atoms with van der Waals surface area (Å²) in [5, 5.41) is 11.9. The number of amides is 1. The van der Waals surface area contributed by atoms with Gasteiger partial charge in [-0.3, -0.25) is 4.79 Å². The summed E-state index contributed by atoms with van der Waals surface area (Å²) < 4.78 is 0. The molecule has 4 nitrogen and oxygen atoms in total. The van der Waals surface area contributed by atoms with Gasteiger partial charge >= 0.3 is 0 Å². The van der Waals surface area contributed by atoms with Crippen LogP contribution in [-0.2, 0) is 0 Å². The minimum atomic E-state index is 0.0782. The van der Waals surface area contributed by atoms with Gasteiger partial charge in [0, 0.05) is 30.6 Å². The Morgan fingerprint density at radius 1 is 1.33 bits per heavy atom. The molecule has 2 heterocycles. The molecule has 0 unspecified atom stereocenters. The van der Waals surface area contributed by atoms with Crippen LogP contribution in [0, 0.1) is 6.92 Å². The van der Waals surface area contributed by atoms with Gasteiger partial charge < -0.3 is 15.3 Å². The Balaban J connectivity index is 1.66. The quantitative estimate of drug-likeness (QED) is 0.761. The monoisotopic (exact) mass is 310 g/mol. The van der Waals surface area contributed by atoms with Crippen LogP contribution in [0.1, 0.15) is 46.7 Å². The molecule has 21 heavy (non-hydrogen) atoms. The summed E-state index contributed by atoms with van der Waals surface area (Å²) in [7, 11) is 0. The fourth-order valence-corrected chi connectivity index (χ4v) is 3.51. The molecular weight excluding hydrogens is 284 g/mol. The van der Waals surface area contributed by atoms with Crippen molar-refractivity contribution in [2.75, 3.05) is 26.2 Å². The van der Waals surface area contributed by atoms with E-state index < -0.39 is 0 Å². The number of carbonyl (C=O) groups excluding carboxylic acids is 1. The summed E-state index contributed by atoms with van der Waals surface area (Å²) in [6.07, 6.45) is 5.25. The minimum Gasteiger partial charge on any atom is -0.396 e. The highest BCUT2D eigenvalue weighted by Crippen LogP contribution is 2.17. The zero-order valence-corrected chi connectivity index (χ0v) is 13.6. The predicted octanol–water partition coefficient (Wildman–Crippen LogP) is 2.41. The third-order valence-electron chi connectivity index (χ3n) is 4.02. The van der Waals surface area contributed by atoms with Crippen molar-refractivity contribution >= 4 is 17.2 Å². The molecule has 2 rings (SSSR count). The Morgan fingerprint density at radius 2 is 2.10 bits per heavy atom. The summed E-state index contributed by atoms with van der Waals surface area (Å²) in [5.74, 6) is 0.0782. The third kappa shape index (κ3) is 5.41. The van der Waals surface area contributed by atoms with Gasteiger partial charge in [-0.15, -0.1) is 11.3 Å². The fourth-order valence-electron chi connectivity index (χ4n) is 2.74. The Bertz CT molecular complexity index is 439. The van der Waals surface area contributed by atoms with Gasteiger partial charge in [0.25, 0.3) is 5.91 Å². The van der Waals surface area contributed by atoms with E-state index in [9.17, 15) is 4.79 Å². The van der Waals surface area contributed by atoms with Crippen LogP contribution in [0.4, 0.5) is 0 Å². The molecule has 118 valence electrons. The van der Waals surface area contributed by atoms with Crippen LogP contribution >= 0.6 is 11.3 Å². The molecule has 1 saturated heterocycles. The molecular formula is C16H26N2O2S. The van der Waals surface area contributed by atoms with E-state index in [2.05, 4.69) is 10.2 Å². The van der Waals surface area contributed by atoms with E-state index in [1.807, 2.05) is 19.1 Å². The lowest BCUT2D eigenvalue weighted by molar-refractivity contribution is 0.0914. The molecule has 1 aromatic heterocycles. The highest BCUT2D eigenvalue weighted by Gasteiger charge is 2.21. The van der Waals surface area contributed by atoms with Crippen molar-refractivity contribution in [3.8, 4) is 0 Å². The van der Waals surface area contributed by atoms with Crippen LogP contribution in [0.15, 0.2) is 12.1 Å². The van der Waals surface area contributed by atoms with E-state index in [0.29, 0.717) is 12.6 Å². The molecule has 1 aliphatic heterocycles. The summed E-state index contributed by atoms with van der Waals surface area (Å²) in [5.41, 5.74) is 0. The van der Waals surface area contributed by atoms with E-state index in [0.717, 1.165) is 56.6 Å². The molecule has 2 N–H and O–H groups in total. The van der Waals surface area contributed by atoms with Crippen LogP contribution in [0.2, 0.25) is 0 Å². The Kier molecular flexibility index (Phi) is 6.67.